The van der Waals surface area contributed by atoms with Gasteiger partial charge in [-0.2, -0.15) is 0 Å². The third-order valence-corrected chi connectivity index (χ3v) is 5.48. The quantitative estimate of drug-likeness (QED) is 0.367. The molecule has 0 amide bonds. The number of hydrogen-bond donors (Lipinski definition) is 1. The van der Waals surface area contributed by atoms with Gasteiger partial charge in [-0.3, -0.25) is 0 Å². The van der Waals surface area contributed by atoms with Gasteiger partial charge in [0.1, 0.15) is 22.9 Å². The molecule has 0 unspecified atom stereocenters. The highest BCUT2D eigenvalue weighted by Gasteiger charge is 2.16. The zero-order valence-corrected chi connectivity index (χ0v) is 17.9. The van der Waals surface area contributed by atoms with E-state index in [0.717, 1.165) is 45.1 Å². The summed E-state index contributed by atoms with van der Waals surface area (Å²) < 4.78 is 26.5. The minimum atomic E-state index is -0.271. The molecule has 5 aromatic rings. The van der Waals surface area contributed by atoms with Crippen molar-refractivity contribution < 1.29 is 13.5 Å². The summed E-state index contributed by atoms with van der Waals surface area (Å²) in [6.07, 6.45) is 1.43. The Labute approximate surface area is 184 Å². The van der Waals surface area contributed by atoms with Crippen molar-refractivity contribution in [2.24, 2.45) is 7.05 Å². The van der Waals surface area contributed by atoms with E-state index in [1.165, 1.54) is 18.5 Å². The van der Waals surface area contributed by atoms with Crippen molar-refractivity contribution >= 4 is 22.4 Å². The first-order valence-electron chi connectivity index (χ1n) is 10.1. The topological polar surface area (TPSA) is 65.1 Å². The number of oxazole rings is 1. The molecule has 0 bridgehead atoms. The van der Waals surface area contributed by atoms with E-state index in [1.54, 1.807) is 19.2 Å². The highest BCUT2D eigenvalue weighted by atomic mass is 19.1. The van der Waals surface area contributed by atoms with E-state index in [2.05, 4.69) is 10.3 Å². The molecule has 0 aliphatic heterocycles. The number of nitrogens with zero attached hydrogens (tertiary/aromatic N) is 3. The van der Waals surface area contributed by atoms with Gasteiger partial charge in [-0.05, 0) is 55.5 Å². The molecule has 2 heterocycles. The summed E-state index contributed by atoms with van der Waals surface area (Å²) in [6.45, 7) is 1.89. The smallest absolute Gasteiger partial charge is 0.181 e. The van der Waals surface area contributed by atoms with E-state index in [4.69, 9.17) is 14.1 Å². The average Bonchev–Trinajstić information content (AvgIpc) is 3.38. The summed E-state index contributed by atoms with van der Waals surface area (Å²) in [7, 11) is 3.58. The average molecular weight is 428 g/mol. The summed E-state index contributed by atoms with van der Waals surface area (Å²) in [5.41, 5.74) is 5.99. The van der Waals surface area contributed by atoms with Gasteiger partial charge >= 0.3 is 0 Å². The lowest BCUT2D eigenvalue weighted by Crippen LogP contribution is -1.95. The predicted molar refractivity (Wildman–Crippen MR) is 123 cm³/mol. The molecule has 6 nitrogen and oxygen atoms in total. The van der Waals surface area contributed by atoms with E-state index >= 15 is 0 Å². The Hall–Kier alpha value is -4.13. The maximum atomic E-state index is 13.4. The number of aryl methyl sites for hydroxylation is 2. The van der Waals surface area contributed by atoms with E-state index in [-0.39, 0.29) is 5.82 Å². The normalized spacial score (nSPS) is 11.1. The Morgan fingerprint density at radius 3 is 2.59 bits per heavy atom. The maximum Gasteiger partial charge on any atom is 0.181 e. The third-order valence-electron chi connectivity index (χ3n) is 5.48. The lowest BCUT2D eigenvalue weighted by atomic mass is 10.1. The standard InChI is InChI=1S/C25H21FN4O2/c1-15-24(32-14-27-15)19-12-11-18(13-22(19)31-3)28-20-5-4-6-21-23(20)29-25(30(21)2)16-7-9-17(26)10-8-16/h4-14,28H,1-3H3. The molecular formula is C25H21FN4O2. The van der Waals surface area contributed by atoms with E-state index in [0.29, 0.717) is 11.5 Å². The van der Waals surface area contributed by atoms with Gasteiger partial charge < -0.3 is 19.0 Å². The lowest BCUT2D eigenvalue weighted by Gasteiger charge is -2.12. The SMILES string of the molecule is COc1cc(Nc2cccc3c2nc(-c2ccc(F)cc2)n3C)ccc1-c1ocnc1C. The highest BCUT2D eigenvalue weighted by molar-refractivity contribution is 5.93. The number of imidazole rings is 1. The molecule has 0 aliphatic rings. The maximum absolute atomic E-state index is 13.4. The monoisotopic (exact) mass is 428 g/mol. The van der Waals surface area contributed by atoms with Crippen molar-refractivity contribution in [1.29, 1.82) is 0 Å². The van der Waals surface area contributed by atoms with Gasteiger partial charge in [0.2, 0.25) is 0 Å². The van der Waals surface area contributed by atoms with Crippen molar-refractivity contribution in [3.05, 3.63) is 78.6 Å². The van der Waals surface area contributed by atoms with E-state index in [1.807, 2.05) is 54.9 Å². The van der Waals surface area contributed by atoms with Crippen LogP contribution in [0.15, 0.2) is 71.5 Å². The fourth-order valence-electron chi connectivity index (χ4n) is 3.84. The van der Waals surface area contributed by atoms with Crippen molar-refractivity contribution in [3.8, 4) is 28.5 Å². The van der Waals surface area contributed by atoms with Crippen LogP contribution in [0.1, 0.15) is 5.69 Å². The zero-order chi connectivity index (χ0) is 22.2. The minimum Gasteiger partial charge on any atom is -0.496 e. The van der Waals surface area contributed by atoms with Crippen LogP contribution in [0.5, 0.6) is 5.75 Å². The van der Waals surface area contributed by atoms with Gasteiger partial charge in [0.15, 0.2) is 12.2 Å². The van der Waals surface area contributed by atoms with Crippen molar-refractivity contribution in [2.75, 3.05) is 12.4 Å². The van der Waals surface area contributed by atoms with Crippen LogP contribution < -0.4 is 10.1 Å². The van der Waals surface area contributed by atoms with Crippen LogP contribution in [-0.4, -0.2) is 21.6 Å². The summed E-state index contributed by atoms with van der Waals surface area (Å²) in [5.74, 6) is 1.86. The first kappa shape index (κ1) is 19.8. The Morgan fingerprint density at radius 1 is 1.06 bits per heavy atom. The number of methoxy groups -OCH3 is 1. The fraction of sp³-hybridized carbons (Fsp3) is 0.120. The number of nitrogens with one attached hydrogen (secondary N) is 1. The van der Waals surface area contributed by atoms with E-state index in [9.17, 15) is 4.39 Å². The number of ether oxygens (including phenoxy) is 1. The molecule has 0 atom stereocenters. The second-order valence-electron chi connectivity index (χ2n) is 7.48. The van der Waals surface area contributed by atoms with Gasteiger partial charge in [-0.1, -0.05) is 6.07 Å². The second kappa shape index (κ2) is 7.85. The van der Waals surface area contributed by atoms with Crippen molar-refractivity contribution in [1.82, 2.24) is 14.5 Å². The molecule has 0 saturated heterocycles. The van der Waals surface area contributed by atoms with Crippen LogP contribution in [0.4, 0.5) is 15.8 Å². The molecule has 2 aromatic heterocycles. The largest absolute Gasteiger partial charge is 0.496 e. The van der Waals surface area contributed by atoms with E-state index < -0.39 is 0 Å². The van der Waals surface area contributed by atoms with Crippen LogP contribution in [0.2, 0.25) is 0 Å². The van der Waals surface area contributed by atoms with Crippen molar-refractivity contribution in [2.45, 2.75) is 6.92 Å². The number of hydrogen-bond acceptors (Lipinski definition) is 5. The van der Waals surface area contributed by atoms with Crippen LogP contribution in [0.25, 0.3) is 33.7 Å². The summed E-state index contributed by atoms with van der Waals surface area (Å²) in [4.78, 5) is 9.01. The van der Waals surface area contributed by atoms with Gasteiger partial charge in [0.05, 0.1) is 29.6 Å². The molecular weight excluding hydrogens is 407 g/mol. The number of aromatic nitrogens is 3. The predicted octanol–water partition coefficient (Wildman–Crippen LogP) is 6.10. The molecule has 3 aromatic carbocycles. The Bertz CT molecular complexity index is 1420. The molecule has 0 saturated carbocycles. The van der Waals surface area contributed by atoms with Gasteiger partial charge in [-0.25, -0.2) is 14.4 Å². The number of benzene rings is 3. The molecule has 1 N–H and O–H groups in total. The highest BCUT2D eigenvalue weighted by Crippen LogP contribution is 2.36. The summed E-state index contributed by atoms with van der Waals surface area (Å²) in [5, 5.41) is 3.45. The number of para-hydroxylation sites is 1. The van der Waals surface area contributed by atoms with Crippen LogP contribution in [0.3, 0.4) is 0 Å². The summed E-state index contributed by atoms with van der Waals surface area (Å²) in [6, 6.07) is 18.1. The lowest BCUT2D eigenvalue weighted by molar-refractivity contribution is 0.415. The Balaban J connectivity index is 1.54. The van der Waals surface area contributed by atoms with Crippen LogP contribution in [-0.2, 0) is 7.05 Å². The van der Waals surface area contributed by atoms with Crippen LogP contribution in [0, 0.1) is 12.7 Å². The number of fused-ring (bicyclic) bond motifs is 1. The molecule has 0 fully saturated rings. The third kappa shape index (κ3) is 3.37. The summed E-state index contributed by atoms with van der Waals surface area (Å²) >= 11 is 0. The molecule has 7 heteroatoms. The zero-order valence-electron chi connectivity index (χ0n) is 17.9. The second-order valence-corrected chi connectivity index (χ2v) is 7.48. The molecule has 0 radical (unpaired) electrons. The van der Waals surface area contributed by atoms with Gasteiger partial charge in [-0.15, -0.1) is 0 Å². The Kier molecular flexibility index (Phi) is 4.86. The molecule has 0 spiro atoms. The first-order chi connectivity index (χ1) is 15.5. The fourth-order valence-corrected chi connectivity index (χ4v) is 3.84. The molecule has 32 heavy (non-hydrogen) atoms. The van der Waals surface area contributed by atoms with Gasteiger partial charge in [0.25, 0.3) is 0 Å². The first-order valence-corrected chi connectivity index (χ1v) is 10.1. The number of anilines is 2. The number of halogens is 1. The minimum absolute atomic E-state index is 0.271. The Morgan fingerprint density at radius 2 is 1.88 bits per heavy atom. The van der Waals surface area contributed by atoms with Crippen LogP contribution >= 0.6 is 0 Å². The van der Waals surface area contributed by atoms with Crippen molar-refractivity contribution in [3.63, 3.8) is 0 Å². The molecule has 0 aliphatic carbocycles. The number of rotatable bonds is 5. The molecule has 5 rings (SSSR count). The van der Waals surface area contributed by atoms with Gasteiger partial charge in [0, 0.05) is 24.4 Å². The molecule has 160 valence electrons.